The highest BCUT2D eigenvalue weighted by molar-refractivity contribution is 6.10. The lowest BCUT2D eigenvalue weighted by atomic mass is 9.74. The molecule has 4 unspecified atom stereocenters. The number of rotatable bonds is 2. The highest BCUT2D eigenvalue weighted by Crippen LogP contribution is 2.50. The molecule has 0 radical (unpaired) electrons. The molecule has 0 aromatic heterocycles. The molecule has 0 heterocycles. The lowest BCUT2D eigenvalue weighted by Gasteiger charge is -2.28. The van der Waals surface area contributed by atoms with Gasteiger partial charge >= 0.3 is 5.97 Å². The SMILES string of the molecule is Cc1ccc(C(=O)ON=C2C=CC(=O)C3C4C=CC(C4)C23)cc1. The van der Waals surface area contributed by atoms with Gasteiger partial charge in [0.05, 0.1) is 11.3 Å². The van der Waals surface area contributed by atoms with E-state index in [1.165, 1.54) is 0 Å². The summed E-state index contributed by atoms with van der Waals surface area (Å²) < 4.78 is 0. The standard InChI is InChI=1S/C19H17NO3/c1-11-2-4-12(5-3-11)19(22)23-20-15-8-9-16(21)18-14-7-6-13(10-14)17(15)18/h2-9,13-14,17-18H,10H2,1H3. The van der Waals surface area contributed by atoms with Gasteiger partial charge in [0.25, 0.3) is 0 Å². The number of hydrogen-bond acceptors (Lipinski definition) is 4. The molecule has 4 rings (SSSR count). The van der Waals surface area contributed by atoms with E-state index in [0.717, 1.165) is 12.0 Å². The number of fused-ring (bicyclic) bond motifs is 5. The van der Waals surface area contributed by atoms with Crippen LogP contribution in [0.15, 0.2) is 53.7 Å². The van der Waals surface area contributed by atoms with Crippen molar-refractivity contribution in [1.82, 2.24) is 0 Å². The van der Waals surface area contributed by atoms with Gasteiger partial charge in [-0.1, -0.05) is 35.0 Å². The molecule has 2 bridgehead atoms. The van der Waals surface area contributed by atoms with Crippen LogP contribution in [0, 0.1) is 30.6 Å². The minimum atomic E-state index is -0.474. The summed E-state index contributed by atoms with van der Waals surface area (Å²) >= 11 is 0. The predicted octanol–water partition coefficient (Wildman–Crippen LogP) is 3.09. The molecule has 1 aromatic carbocycles. The fourth-order valence-electron chi connectivity index (χ4n) is 3.93. The summed E-state index contributed by atoms with van der Waals surface area (Å²) in [6, 6.07) is 7.17. The maximum Gasteiger partial charge on any atom is 0.365 e. The van der Waals surface area contributed by atoms with Crippen molar-refractivity contribution in [3.63, 3.8) is 0 Å². The minimum absolute atomic E-state index is 0.0353. The van der Waals surface area contributed by atoms with Gasteiger partial charge in [0.1, 0.15) is 0 Å². The molecule has 0 spiro atoms. The lowest BCUT2D eigenvalue weighted by molar-refractivity contribution is -0.119. The van der Waals surface area contributed by atoms with Crippen molar-refractivity contribution in [2.75, 3.05) is 0 Å². The van der Waals surface area contributed by atoms with Crippen molar-refractivity contribution >= 4 is 17.5 Å². The van der Waals surface area contributed by atoms with E-state index in [4.69, 9.17) is 4.84 Å². The summed E-state index contributed by atoms with van der Waals surface area (Å²) in [5.74, 6) is 0.338. The minimum Gasteiger partial charge on any atom is -0.313 e. The Balaban J connectivity index is 1.55. The van der Waals surface area contributed by atoms with Crippen LogP contribution in [0.4, 0.5) is 0 Å². The van der Waals surface area contributed by atoms with Crippen LogP contribution in [0.1, 0.15) is 22.3 Å². The maximum atomic E-state index is 12.1. The summed E-state index contributed by atoms with van der Waals surface area (Å²) in [7, 11) is 0. The number of hydrogen-bond donors (Lipinski definition) is 0. The molecule has 0 amide bonds. The van der Waals surface area contributed by atoms with Gasteiger partial charge < -0.3 is 4.84 Å². The molecule has 0 N–H and O–H groups in total. The molecule has 1 saturated carbocycles. The summed E-state index contributed by atoms with van der Waals surface area (Å²) in [5, 5.41) is 4.07. The van der Waals surface area contributed by atoms with Gasteiger partial charge in [-0.15, -0.1) is 0 Å². The Bertz CT molecular complexity index is 757. The molecule has 1 aromatic rings. The van der Waals surface area contributed by atoms with Gasteiger partial charge in [0.2, 0.25) is 0 Å². The third kappa shape index (κ3) is 2.34. The van der Waals surface area contributed by atoms with E-state index in [2.05, 4.69) is 17.3 Å². The monoisotopic (exact) mass is 307 g/mol. The first-order chi connectivity index (χ1) is 11.1. The van der Waals surface area contributed by atoms with Gasteiger partial charge in [-0.25, -0.2) is 4.79 Å². The van der Waals surface area contributed by atoms with Crippen molar-refractivity contribution in [3.8, 4) is 0 Å². The zero-order valence-corrected chi connectivity index (χ0v) is 12.8. The van der Waals surface area contributed by atoms with Gasteiger partial charge in [-0.3, -0.25) is 4.79 Å². The van der Waals surface area contributed by atoms with Crippen LogP contribution < -0.4 is 0 Å². The fraction of sp³-hybridized carbons (Fsp3) is 0.316. The molecule has 4 atom stereocenters. The van der Waals surface area contributed by atoms with Crippen LogP contribution in [-0.2, 0) is 9.63 Å². The van der Waals surface area contributed by atoms with Crippen LogP contribution in [0.3, 0.4) is 0 Å². The lowest BCUT2D eigenvalue weighted by Crippen LogP contribution is -2.35. The van der Waals surface area contributed by atoms with E-state index < -0.39 is 5.97 Å². The Hall–Kier alpha value is -2.49. The third-order valence-corrected chi connectivity index (χ3v) is 5.07. The number of ketones is 1. The van der Waals surface area contributed by atoms with E-state index in [9.17, 15) is 9.59 Å². The zero-order chi connectivity index (χ0) is 16.0. The maximum absolute atomic E-state index is 12.1. The van der Waals surface area contributed by atoms with Gasteiger partial charge in [-0.2, -0.15) is 0 Å². The molecule has 0 aliphatic heterocycles. The highest BCUT2D eigenvalue weighted by Gasteiger charge is 2.50. The van der Waals surface area contributed by atoms with E-state index in [-0.39, 0.29) is 17.6 Å². The first kappa shape index (κ1) is 14.1. The zero-order valence-electron chi connectivity index (χ0n) is 12.8. The van der Waals surface area contributed by atoms with Crippen LogP contribution in [0.25, 0.3) is 0 Å². The third-order valence-electron chi connectivity index (χ3n) is 5.07. The van der Waals surface area contributed by atoms with Crippen molar-refractivity contribution in [2.24, 2.45) is 28.8 Å². The first-order valence-electron chi connectivity index (χ1n) is 7.89. The van der Waals surface area contributed by atoms with Crippen LogP contribution in [0.5, 0.6) is 0 Å². The number of allylic oxidation sites excluding steroid dienone is 4. The van der Waals surface area contributed by atoms with Crippen molar-refractivity contribution in [1.29, 1.82) is 0 Å². The fourth-order valence-corrected chi connectivity index (χ4v) is 3.93. The van der Waals surface area contributed by atoms with Crippen molar-refractivity contribution < 1.29 is 14.4 Å². The molecule has 4 heteroatoms. The van der Waals surface area contributed by atoms with Gasteiger partial charge in [0, 0.05) is 11.8 Å². The number of carbonyl (C=O) groups is 2. The smallest absolute Gasteiger partial charge is 0.313 e. The van der Waals surface area contributed by atoms with E-state index >= 15 is 0 Å². The Kier molecular flexibility index (Phi) is 3.26. The van der Waals surface area contributed by atoms with Gasteiger partial charge in [-0.05, 0) is 49.5 Å². The Morgan fingerprint density at radius 3 is 2.52 bits per heavy atom. The quantitative estimate of drug-likeness (QED) is 0.479. The summed E-state index contributed by atoms with van der Waals surface area (Å²) in [4.78, 5) is 29.3. The molecular formula is C19H17NO3. The number of benzene rings is 1. The summed E-state index contributed by atoms with van der Waals surface area (Å²) in [5.41, 5.74) is 2.25. The second kappa shape index (κ2) is 5.30. The van der Waals surface area contributed by atoms with E-state index in [0.29, 0.717) is 23.1 Å². The summed E-state index contributed by atoms with van der Waals surface area (Å²) in [6.45, 7) is 1.96. The van der Waals surface area contributed by atoms with Crippen LogP contribution >= 0.6 is 0 Å². The normalized spacial score (nSPS) is 32.4. The molecule has 3 aliphatic rings. The van der Waals surface area contributed by atoms with Crippen molar-refractivity contribution in [3.05, 3.63) is 59.7 Å². The van der Waals surface area contributed by atoms with Gasteiger partial charge in [0.15, 0.2) is 5.78 Å². The molecule has 116 valence electrons. The Morgan fingerprint density at radius 2 is 1.78 bits per heavy atom. The largest absolute Gasteiger partial charge is 0.365 e. The number of oxime groups is 1. The molecule has 1 fully saturated rings. The molecule has 4 nitrogen and oxygen atoms in total. The van der Waals surface area contributed by atoms with E-state index in [1.54, 1.807) is 24.3 Å². The highest BCUT2D eigenvalue weighted by atomic mass is 16.7. The first-order valence-corrected chi connectivity index (χ1v) is 7.89. The summed E-state index contributed by atoms with van der Waals surface area (Å²) in [6.07, 6.45) is 8.55. The van der Waals surface area contributed by atoms with Crippen LogP contribution in [0.2, 0.25) is 0 Å². The Morgan fingerprint density at radius 1 is 1.09 bits per heavy atom. The second-order valence-electron chi connectivity index (χ2n) is 6.50. The predicted molar refractivity (Wildman–Crippen MR) is 85.9 cm³/mol. The topological polar surface area (TPSA) is 55.7 Å². The average Bonchev–Trinajstić information content (AvgIpc) is 3.17. The average molecular weight is 307 g/mol. The number of carbonyl (C=O) groups excluding carboxylic acids is 2. The molecule has 23 heavy (non-hydrogen) atoms. The van der Waals surface area contributed by atoms with Crippen LogP contribution in [-0.4, -0.2) is 17.5 Å². The molecule has 0 saturated heterocycles. The number of nitrogens with zero attached hydrogens (tertiary/aromatic N) is 1. The van der Waals surface area contributed by atoms with Crippen molar-refractivity contribution in [2.45, 2.75) is 13.3 Å². The molecular weight excluding hydrogens is 290 g/mol. The number of aryl methyl sites for hydroxylation is 1. The Labute approximate surface area is 134 Å². The van der Waals surface area contributed by atoms with E-state index in [1.807, 2.05) is 19.1 Å². The molecule has 3 aliphatic carbocycles. The second-order valence-corrected chi connectivity index (χ2v) is 6.50.